The average Bonchev–Trinajstić information content (AvgIpc) is 2.67. The second-order valence-electron chi connectivity index (χ2n) is 6.32. The Labute approximate surface area is 152 Å². The van der Waals surface area contributed by atoms with Crippen molar-refractivity contribution in [2.24, 2.45) is 11.5 Å². The van der Waals surface area contributed by atoms with Gasteiger partial charge in [0, 0.05) is 17.2 Å². The van der Waals surface area contributed by atoms with Crippen LogP contribution in [0.1, 0.15) is 33.9 Å². The number of primary amides is 1. The van der Waals surface area contributed by atoms with E-state index in [1.165, 1.54) is 11.6 Å². The van der Waals surface area contributed by atoms with Crippen molar-refractivity contribution in [2.45, 2.75) is 18.9 Å². The van der Waals surface area contributed by atoms with E-state index in [1.54, 1.807) is 30.3 Å². The fraction of sp³-hybridized carbons (Fsp3) is 0.136. The van der Waals surface area contributed by atoms with Crippen molar-refractivity contribution in [1.82, 2.24) is 0 Å². The molecule has 0 saturated carbocycles. The van der Waals surface area contributed by atoms with Crippen molar-refractivity contribution in [3.63, 3.8) is 0 Å². The lowest BCUT2D eigenvalue weighted by atomic mass is 9.96. The Hall–Kier alpha value is -2.98. The number of benzene rings is 3. The Morgan fingerprint density at radius 3 is 2.42 bits per heavy atom. The van der Waals surface area contributed by atoms with Gasteiger partial charge in [0.2, 0.25) is 5.91 Å². The standard InChI is InChI=1S/C22H21FN2O/c23-20-14-17(21(24)12-9-15-5-2-1-3-6-15)10-11-19(20)16-7-4-8-18(13-16)22(25)26/h1-8,10-11,13-14,21H,9,12,24H2,(H2,25,26). The van der Waals surface area contributed by atoms with Crippen LogP contribution in [0, 0.1) is 5.82 Å². The number of carbonyl (C=O) groups excluding carboxylic acids is 1. The lowest BCUT2D eigenvalue weighted by molar-refractivity contribution is 0.100. The lowest BCUT2D eigenvalue weighted by Gasteiger charge is -2.14. The van der Waals surface area contributed by atoms with E-state index >= 15 is 0 Å². The topological polar surface area (TPSA) is 69.1 Å². The number of hydrogen-bond acceptors (Lipinski definition) is 2. The van der Waals surface area contributed by atoms with E-state index in [2.05, 4.69) is 12.1 Å². The molecular weight excluding hydrogens is 327 g/mol. The molecule has 3 aromatic carbocycles. The Morgan fingerprint density at radius 1 is 0.962 bits per heavy atom. The first-order chi connectivity index (χ1) is 12.5. The molecule has 3 rings (SSSR count). The minimum absolute atomic E-state index is 0.240. The van der Waals surface area contributed by atoms with Gasteiger partial charge in [0.15, 0.2) is 0 Å². The van der Waals surface area contributed by atoms with Crippen molar-refractivity contribution in [2.75, 3.05) is 0 Å². The molecule has 132 valence electrons. The quantitative estimate of drug-likeness (QED) is 0.700. The molecule has 0 spiro atoms. The highest BCUT2D eigenvalue weighted by Gasteiger charge is 2.12. The minimum atomic E-state index is -0.535. The SMILES string of the molecule is NC(=O)c1cccc(-c2ccc(C(N)CCc3ccccc3)cc2F)c1. The number of nitrogens with two attached hydrogens (primary N) is 2. The summed E-state index contributed by atoms with van der Waals surface area (Å²) in [6.45, 7) is 0. The van der Waals surface area contributed by atoms with Crippen LogP contribution in [-0.2, 0) is 6.42 Å². The van der Waals surface area contributed by atoms with Gasteiger partial charge in [-0.3, -0.25) is 4.79 Å². The molecule has 1 unspecified atom stereocenters. The van der Waals surface area contributed by atoms with Gasteiger partial charge in [0.05, 0.1) is 0 Å². The first-order valence-electron chi connectivity index (χ1n) is 8.54. The monoisotopic (exact) mass is 348 g/mol. The predicted octanol–water partition coefficient (Wildman–Crippen LogP) is 4.22. The summed E-state index contributed by atoms with van der Waals surface area (Å²) in [5.74, 6) is -0.897. The van der Waals surface area contributed by atoms with Crippen LogP contribution in [0.2, 0.25) is 0 Å². The van der Waals surface area contributed by atoms with Gasteiger partial charge in [-0.2, -0.15) is 0 Å². The van der Waals surface area contributed by atoms with E-state index in [0.29, 0.717) is 16.7 Å². The fourth-order valence-electron chi connectivity index (χ4n) is 2.97. The van der Waals surface area contributed by atoms with Gasteiger partial charge in [-0.15, -0.1) is 0 Å². The van der Waals surface area contributed by atoms with Crippen LogP contribution >= 0.6 is 0 Å². The highest BCUT2D eigenvalue weighted by Crippen LogP contribution is 2.27. The van der Waals surface area contributed by atoms with E-state index in [1.807, 2.05) is 24.3 Å². The molecule has 0 heterocycles. The third-order valence-electron chi connectivity index (χ3n) is 4.47. The first-order valence-corrected chi connectivity index (χ1v) is 8.54. The fourth-order valence-corrected chi connectivity index (χ4v) is 2.97. The van der Waals surface area contributed by atoms with Crippen LogP contribution in [0.5, 0.6) is 0 Å². The number of amides is 1. The summed E-state index contributed by atoms with van der Waals surface area (Å²) >= 11 is 0. The highest BCUT2D eigenvalue weighted by molar-refractivity contribution is 5.94. The largest absolute Gasteiger partial charge is 0.366 e. The first kappa shape index (κ1) is 17.8. The smallest absolute Gasteiger partial charge is 0.248 e. The van der Waals surface area contributed by atoms with Crippen LogP contribution in [0.3, 0.4) is 0 Å². The molecule has 0 aromatic heterocycles. The molecule has 0 aliphatic heterocycles. The number of aryl methyl sites for hydroxylation is 1. The van der Waals surface area contributed by atoms with Crippen molar-refractivity contribution in [1.29, 1.82) is 0 Å². The molecule has 1 atom stereocenters. The van der Waals surface area contributed by atoms with Crippen molar-refractivity contribution >= 4 is 5.91 Å². The maximum Gasteiger partial charge on any atom is 0.248 e. The summed E-state index contributed by atoms with van der Waals surface area (Å²) in [7, 11) is 0. The zero-order valence-electron chi connectivity index (χ0n) is 14.4. The molecule has 0 saturated heterocycles. The molecule has 26 heavy (non-hydrogen) atoms. The molecule has 0 aliphatic carbocycles. The molecule has 1 amide bonds. The van der Waals surface area contributed by atoms with Crippen LogP contribution in [0.4, 0.5) is 4.39 Å². The molecule has 0 bridgehead atoms. The van der Waals surface area contributed by atoms with Gasteiger partial charge < -0.3 is 11.5 Å². The summed E-state index contributed by atoms with van der Waals surface area (Å²) in [6, 6.07) is 21.5. The van der Waals surface area contributed by atoms with Gasteiger partial charge >= 0.3 is 0 Å². The molecular formula is C22H21FN2O. The minimum Gasteiger partial charge on any atom is -0.366 e. The third-order valence-corrected chi connectivity index (χ3v) is 4.47. The summed E-state index contributed by atoms with van der Waals surface area (Å²) in [6.07, 6.45) is 1.58. The van der Waals surface area contributed by atoms with Gasteiger partial charge in [-0.05, 0) is 47.7 Å². The summed E-state index contributed by atoms with van der Waals surface area (Å²) in [4.78, 5) is 11.3. The number of halogens is 1. The number of rotatable bonds is 6. The zero-order valence-corrected chi connectivity index (χ0v) is 14.4. The molecule has 0 radical (unpaired) electrons. The molecule has 3 nitrogen and oxygen atoms in total. The van der Waals surface area contributed by atoms with E-state index < -0.39 is 5.91 Å². The lowest BCUT2D eigenvalue weighted by Crippen LogP contribution is -2.12. The van der Waals surface area contributed by atoms with E-state index in [-0.39, 0.29) is 11.9 Å². The third kappa shape index (κ3) is 4.16. The average molecular weight is 348 g/mol. The van der Waals surface area contributed by atoms with Gasteiger partial charge in [0.25, 0.3) is 0 Å². The van der Waals surface area contributed by atoms with Crippen molar-refractivity contribution < 1.29 is 9.18 Å². The summed E-state index contributed by atoms with van der Waals surface area (Å²) in [5, 5.41) is 0. The van der Waals surface area contributed by atoms with E-state index in [0.717, 1.165) is 18.4 Å². The van der Waals surface area contributed by atoms with Crippen molar-refractivity contribution in [3.8, 4) is 11.1 Å². The van der Waals surface area contributed by atoms with Gasteiger partial charge in [-0.1, -0.05) is 54.6 Å². The Bertz CT molecular complexity index is 909. The van der Waals surface area contributed by atoms with Crippen LogP contribution < -0.4 is 11.5 Å². The number of hydrogen-bond donors (Lipinski definition) is 2. The second kappa shape index (κ2) is 7.93. The molecule has 4 heteroatoms. The van der Waals surface area contributed by atoms with Gasteiger partial charge in [-0.25, -0.2) is 4.39 Å². The summed E-state index contributed by atoms with van der Waals surface area (Å²) in [5.41, 5.74) is 14.9. The van der Waals surface area contributed by atoms with E-state index in [9.17, 15) is 9.18 Å². The van der Waals surface area contributed by atoms with Crippen LogP contribution in [0.25, 0.3) is 11.1 Å². The second-order valence-corrected chi connectivity index (χ2v) is 6.32. The van der Waals surface area contributed by atoms with Crippen molar-refractivity contribution in [3.05, 3.63) is 95.3 Å². The van der Waals surface area contributed by atoms with Crippen LogP contribution in [-0.4, -0.2) is 5.91 Å². The molecule has 3 aromatic rings. The Kier molecular flexibility index (Phi) is 5.44. The normalized spacial score (nSPS) is 11.9. The summed E-state index contributed by atoms with van der Waals surface area (Å²) < 4.78 is 14.6. The van der Waals surface area contributed by atoms with Gasteiger partial charge in [0.1, 0.15) is 5.82 Å². The highest BCUT2D eigenvalue weighted by atomic mass is 19.1. The maximum absolute atomic E-state index is 14.6. The van der Waals surface area contributed by atoms with E-state index in [4.69, 9.17) is 11.5 Å². The Morgan fingerprint density at radius 2 is 1.73 bits per heavy atom. The predicted molar refractivity (Wildman–Crippen MR) is 102 cm³/mol. The van der Waals surface area contributed by atoms with Crippen LogP contribution in [0.15, 0.2) is 72.8 Å². The number of carbonyl (C=O) groups is 1. The molecule has 0 aliphatic rings. The maximum atomic E-state index is 14.6. The molecule has 4 N–H and O–H groups in total. The Balaban J connectivity index is 1.76. The zero-order chi connectivity index (χ0) is 18.5. The molecule has 0 fully saturated rings.